The van der Waals surface area contributed by atoms with Crippen molar-refractivity contribution in [3.8, 4) is 5.75 Å². The lowest BCUT2D eigenvalue weighted by atomic mass is 9.88. The Bertz CT molecular complexity index is 504. The summed E-state index contributed by atoms with van der Waals surface area (Å²) in [6.45, 7) is 11.3. The zero-order valence-corrected chi connectivity index (χ0v) is 13.8. The van der Waals surface area contributed by atoms with E-state index in [1.807, 2.05) is 12.1 Å². The van der Waals surface area contributed by atoms with E-state index in [4.69, 9.17) is 4.74 Å². The molecule has 1 unspecified atom stereocenters. The minimum absolute atomic E-state index is 0.0149. The first-order valence-corrected chi connectivity index (χ1v) is 7.62. The van der Waals surface area contributed by atoms with Crippen molar-refractivity contribution in [3.05, 3.63) is 29.6 Å². The second-order valence-electron chi connectivity index (χ2n) is 6.89. The molecule has 1 N–H and O–H groups in total. The number of piperazine rings is 1. The number of hydrogen-bond donors (Lipinski definition) is 1. The SMILES string of the molecule is CCC1(C)CN(Cc2ccc(OC)cc2F)C(C)(C)CN1. The molecule has 0 bridgehead atoms. The van der Waals surface area contributed by atoms with Crippen LogP contribution in [0.3, 0.4) is 0 Å². The molecule has 1 saturated heterocycles. The van der Waals surface area contributed by atoms with Crippen LogP contribution < -0.4 is 10.1 Å². The summed E-state index contributed by atoms with van der Waals surface area (Å²) >= 11 is 0. The van der Waals surface area contributed by atoms with Gasteiger partial charge in [0.05, 0.1) is 7.11 Å². The third-order valence-corrected chi connectivity index (χ3v) is 4.75. The minimum Gasteiger partial charge on any atom is -0.497 e. The average molecular weight is 294 g/mol. The van der Waals surface area contributed by atoms with Crippen LogP contribution in [-0.2, 0) is 6.54 Å². The van der Waals surface area contributed by atoms with E-state index < -0.39 is 0 Å². The van der Waals surface area contributed by atoms with Gasteiger partial charge in [0.1, 0.15) is 11.6 Å². The molecule has 1 aromatic carbocycles. The monoisotopic (exact) mass is 294 g/mol. The van der Waals surface area contributed by atoms with Crippen LogP contribution in [0.25, 0.3) is 0 Å². The summed E-state index contributed by atoms with van der Waals surface area (Å²) < 4.78 is 19.3. The van der Waals surface area contributed by atoms with Crippen molar-refractivity contribution in [1.82, 2.24) is 10.2 Å². The fraction of sp³-hybridized carbons (Fsp3) is 0.647. The van der Waals surface area contributed by atoms with Crippen molar-refractivity contribution >= 4 is 0 Å². The Labute approximate surface area is 127 Å². The zero-order chi connectivity index (χ0) is 15.7. The van der Waals surface area contributed by atoms with Gasteiger partial charge in [-0.3, -0.25) is 4.90 Å². The van der Waals surface area contributed by atoms with Crippen molar-refractivity contribution in [2.24, 2.45) is 0 Å². The Morgan fingerprint density at radius 2 is 2.05 bits per heavy atom. The lowest BCUT2D eigenvalue weighted by Crippen LogP contribution is -2.66. The van der Waals surface area contributed by atoms with E-state index in [2.05, 4.69) is 37.9 Å². The third-order valence-electron chi connectivity index (χ3n) is 4.75. The first-order chi connectivity index (χ1) is 9.79. The molecule has 1 aliphatic heterocycles. The van der Waals surface area contributed by atoms with Crippen molar-refractivity contribution in [3.63, 3.8) is 0 Å². The van der Waals surface area contributed by atoms with Gasteiger partial charge in [0, 0.05) is 42.3 Å². The molecule has 2 rings (SSSR count). The molecule has 1 aliphatic rings. The predicted molar refractivity (Wildman–Crippen MR) is 84.1 cm³/mol. The largest absolute Gasteiger partial charge is 0.497 e. The summed E-state index contributed by atoms with van der Waals surface area (Å²) in [6.07, 6.45) is 1.06. The highest BCUT2D eigenvalue weighted by Gasteiger charge is 2.39. The summed E-state index contributed by atoms with van der Waals surface area (Å²) in [7, 11) is 1.56. The van der Waals surface area contributed by atoms with Crippen LogP contribution in [0.15, 0.2) is 18.2 Å². The number of hydrogen-bond acceptors (Lipinski definition) is 3. The maximum atomic E-state index is 14.2. The normalized spacial score (nSPS) is 25.8. The smallest absolute Gasteiger partial charge is 0.131 e. The van der Waals surface area contributed by atoms with Crippen LogP contribution in [0.5, 0.6) is 5.75 Å². The molecule has 1 fully saturated rings. The van der Waals surface area contributed by atoms with Crippen LogP contribution >= 0.6 is 0 Å². The van der Waals surface area contributed by atoms with Gasteiger partial charge in [0.2, 0.25) is 0 Å². The van der Waals surface area contributed by atoms with Crippen molar-refractivity contribution in [2.45, 2.75) is 51.7 Å². The molecule has 21 heavy (non-hydrogen) atoms. The average Bonchev–Trinajstić information content (AvgIpc) is 2.45. The number of rotatable bonds is 4. The van der Waals surface area contributed by atoms with Gasteiger partial charge in [-0.2, -0.15) is 0 Å². The van der Waals surface area contributed by atoms with Gasteiger partial charge < -0.3 is 10.1 Å². The van der Waals surface area contributed by atoms with Gasteiger partial charge in [0.15, 0.2) is 0 Å². The molecular formula is C17H27FN2O. The lowest BCUT2D eigenvalue weighted by Gasteiger charge is -2.50. The number of ether oxygens (including phenoxy) is 1. The highest BCUT2D eigenvalue weighted by molar-refractivity contribution is 5.29. The quantitative estimate of drug-likeness (QED) is 0.923. The molecule has 0 aromatic heterocycles. The number of methoxy groups -OCH3 is 1. The summed E-state index contributed by atoms with van der Waals surface area (Å²) in [5.74, 6) is 0.371. The van der Waals surface area contributed by atoms with Gasteiger partial charge in [0.25, 0.3) is 0 Å². The summed E-state index contributed by atoms with van der Waals surface area (Å²) in [5.41, 5.74) is 0.837. The molecule has 1 atom stereocenters. The van der Waals surface area contributed by atoms with E-state index in [-0.39, 0.29) is 16.9 Å². The van der Waals surface area contributed by atoms with E-state index in [1.54, 1.807) is 7.11 Å². The molecule has 0 aliphatic carbocycles. The Balaban J connectivity index is 2.19. The van der Waals surface area contributed by atoms with Crippen LogP contribution in [0.2, 0.25) is 0 Å². The fourth-order valence-electron chi connectivity index (χ4n) is 2.73. The van der Waals surface area contributed by atoms with E-state index in [0.29, 0.717) is 12.3 Å². The minimum atomic E-state index is -0.193. The molecular weight excluding hydrogens is 267 g/mol. The molecule has 0 amide bonds. The van der Waals surface area contributed by atoms with E-state index >= 15 is 0 Å². The Hall–Kier alpha value is -1.13. The third kappa shape index (κ3) is 3.55. The number of benzene rings is 1. The predicted octanol–water partition coefficient (Wildman–Crippen LogP) is 3.19. The van der Waals surface area contributed by atoms with Gasteiger partial charge in [-0.15, -0.1) is 0 Å². The van der Waals surface area contributed by atoms with Crippen molar-refractivity contribution in [1.29, 1.82) is 0 Å². The topological polar surface area (TPSA) is 24.5 Å². The molecule has 118 valence electrons. The van der Waals surface area contributed by atoms with E-state index in [1.165, 1.54) is 6.07 Å². The summed E-state index contributed by atoms with van der Waals surface area (Å²) in [4.78, 5) is 2.37. The van der Waals surface area contributed by atoms with Gasteiger partial charge in [-0.05, 0) is 33.3 Å². The van der Waals surface area contributed by atoms with Gasteiger partial charge in [-0.25, -0.2) is 4.39 Å². The van der Waals surface area contributed by atoms with Crippen LogP contribution in [0.4, 0.5) is 4.39 Å². The van der Waals surface area contributed by atoms with E-state index in [9.17, 15) is 4.39 Å². The lowest BCUT2D eigenvalue weighted by molar-refractivity contribution is 0.0238. The van der Waals surface area contributed by atoms with Gasteiger partial charge in [-0.1, -0.05) is 13.0 Å². The van der Waals surface area contributed by atoms with Crippen LogP contribution in [0, 0.1) is 5.82 Å². The maximum Gasteiger partial charge on any atom is 0.131 e. The number of nitrogens with zero attached hydrogens (tertiary/aromatic N) is 1. The van der Waals surface area contributed by atoms with Crippen molar-refractivity contribution in [2.75, 3.05) is 20.2 Å². The number of halogens is 1. The molecule has 1 heterocycles. The van der Waals surface area contributed by atoms with Crippen LogP contribution in [-0.4, -0.2) is 36.2 Å². The summed E-state index contributed by atoms with van der Waals surface area (Å²) in [5, 5.41) is 3.63. The second-order valence-corrected chi connectivity index (χ2v) is 6.89. The Morgan fingerprint density at radius 3 is 2.62 bits per heavy atom. The van der Waals surface area contributed by atoms with Crippen LogP contribution in [0.1, 0.15) is 39.7 Å². The Morgan fingerprint density at radius 1 is 1.33 bits per heavy atom. The number of nitrogens with one attached hydrogen (secondary N) is 1. The summed E-state index contributed by atoms with van der Waals surface area (Å²) in [6, 6.07) is 5.12. The first-order valence-electron chi connectivity index (χ1n) is 7.62. The standard InChI is InChI=1S/C17H27FN2O/c1-6-17(4)12-20(16(2,3)11-19-17)10-13-7-8-14(21-5)9-15(13)18/h7-9,19H,6,10-12H2,1-5H3. The van der Waals surface area contributed by atoms with E-state index in [0.717, 1.165) is 25.1 Å². The van der Waals surface area contributed by atoms with Crippen molar-refractivity contribution < 1.29 is 9.13 Å². The molecule has 0 spiro atoms. The molecule has 0 radical (unpaired) electrons. The second kappa shape index (κ2) is 5.93. The fourth-order valence-corrected chi connectivity index (χ4v) is 2.73. The highest BCUT2D eigenvalue weighted by Crippen LogP contribution is 2.28. The molecule has 3 nitrogen and oxygen atoms in total. The molecule has 0 saturated carbocycles. The maximum absolute atomic E-state index is 14.2. The first kappa shape index (κ1) is 16.2. The zero-order valence-electron chi connectivity index (χ0n) is 13.8. The molecule has 1 aromatic rings. The van der Waals surface area contributed by atoms with Gasteiger partial charge >= 0.3 is 0 Å². The highest BCUT2D eigenvalue weighted by atomic mass is 19.1. The Kier molecular flexibility index (Phi) is 4.59. The molecule has 4 heteroatoms.